The molecule has 2 fully saturated rings. The lowest BCUT2D eigenvalue weighted by atomic mass is 10.0. The minimum Gasteiger partial charge on any atom is -0.380 e. The van der Waals surface area contributed by atoms with Crippen molar-refractivity contribution in [2.45, 2.75) is 74.4 Å². The summed E-state index contributed by atoms with van der Waals surface area (Å²) in [6, 6.07) is 7.54. The third kappa shape index (κ3) is 4.25. The fraction of sp³-hybridized carbons (Fsp3) is 0.632. The first-order valence-corrected chi connectivity index (χ1v) is 10.4. The molecule has 24 heavy (non-hydrogen) atoms. The van der Waals surface area contributed by atoms with Crippen LogP contribution in [0.25, 0.3) is 0 Å². The molecule has 3 rings (SSSR count). The van der Waals surface area contributed by atoms with Crippen molar-refractivity contribution in [3.63, 3.8) is 0 Å². The normalized spacial score (nSPS) is 22.2. The standard InChI is InChI=1S/C19H27NO3S/c21-18(19(22)11-4-5-12-19)20-16-8-6-7-15(13-16)14-24(23)17-9-2-1-3-10-17/h6-8,13,17,22H,1-5,9-12,14H2,(H,20,21). The van der Waals surface area contributed by atoms with Crippen molar-refractivity contribution < 1.29 is 14.1 Å². The Hall–Kier alpha value is -1.20. The highest BCUT2D eigenvalue weighted by Crippen LogP contribution is 2.31. The number of carbonyl (C=O) groups excluding carboxylic acids is 1. The van der Waals surface area contributed by atoms with E-state index in [9.17, 15) is 14.1 Å². The van der Waals surface area contributed by atoms with Gasteiger partial charge in [0.15, 0.2) is 0 Å². The summed E-state index contributed by atoms with van der Waals surface area (Å²) in [4.78, 5) is 12.3. The molecule has 0 aromatic heterocycles. The van der Waals surface area contributed by atoms with Crippen molar-refractivity contribution in [3.05, 3.63) is 29.8 Å². The van der Waals surface area contributed by atoms with Gasteiger partial charge in [-0.2, -0.15) is 0 Å². The number of nitrogens with one attached hydrogen (secondary N) is 1. The van der Waals surface area contributed by atoms with Crippen LogP contribution in [0.15, 0.2) is 24.3 Å². The molecule has 1 aromatic rings. The molecule has 2 aliphatic rings. The van der Waals surface area contributed by atoms with Crippen LogP contribution in [0.3, 0.4) is 0 Å². The third-order valence-electron chi connectivity index (χ3n) is 5.27. The van der Waals surface area contributed by atoms with E-state index in [-0.39, 0.29) is 5.91 Å². The average Bonchev–Trinajstić information content (AvgIpc) is 3.04. The van der Waals surface area contributed by atoms with Gasteiger partial charge in [-0.05, 0) is 56.2 Å². The molecule has 132 valence electrons. The van der Waals surface area contributed by atoms with Gasteiger partial charge in [-0.1, -0.05) is 31.4 Å². The number of carbonyl (C=O) groups is 1. The van der Waals surface area contributed by atoms with Gasteiger partial charge in [-0.25, -0.2) is 0 Å². The van der Waals surface area contributed by atoms with Gasteiger partial charge in [-0.3, -0.25) is 9.00 Å². The largest absolute Gasteiger partial charge is 0.380 e. The first-order valence-electron chi connectivity index (χ1n) is 9.07. The Morgan fingerprint density at radius 2 is 1.88 bits per heavy atom. The van der Waals surface area contributed by atoms with E-state index in [0.29, 0.717) is 29.5 Å². The fourth-order valence-corrected chi connectivity index (χ4v) is 5.39. The van der Waals surface area contributed by atoms with Gasteiger partial charge in [-0.15, -0.1) is 0 Å². The van der Waals surface area contributed by atoms with E-state index in [1.807, 2.05) is 24.3 Å². The van der Waals surface area contributed by atoms with E-state index >= 15 is 0 Å². The zero-order valence-corrected chi connectivity index (χ0v) is 14.9. The highest BCUT2D eigenvalue weighted by Gasteiger charge is 2.38. The molecule has 0 spiro atoms. The molecule has 0 aliphatic heterocycles. The maximum atomic E-state index is 12.5. The summed E-state index contributed by atoms with van der Waals surface area (Å²) >= 11 is 0. The van der Waals surface area contributed by atoms with Crippen LogP contribution in [0.1, 0.15) is 63.4 Å². The minimum absolute atomic E-state index is 0.314. The molecule has 4 nitrogen and oxygen atoms in total. The SMILES string of the molecule is O=C(Nc1cccc(CS(=O)C2CCCCC2)c1)C1(O)CCCC1. The van der Waals surface area contributed by atoms with Crippen molar-refractivity contribution in [2.75, 3.05) is 5.32 Å². The van der Waals surface area contributed by atoms with E-state index in [2.05, 4.69) is 5.32 Å². The third-order valence-corrected chi connectivity index (χ3v) is 7.10. The van der Waals surface area contributed by atoms with Gasteiger partial charge in [0.05, 0.1) is 0 Å². The Balaban J connectivity index is 1.61. The molecule has 0 saturated heterocycles. The molecule has 0 bridgehead atoms. The van der Waals surface area contributed by atoms with Crippen LogP contribution in [-0.4, -0.2) is 26.1 Å². The lowest BCUT2D eigenvalue weighted by Gasteiger charge is -2.22. The number of hydrogen-bond acceptors (Lipinski definition) is 3. The molecular weight excluding hydrogens is 322 g/mol. The summed E-state index contributed by atoms with van der Waals surface area (Å²) in [6.45, 7) is 0. The molecule has 5 heteroatoms. The van der Waals surface area contributed by atoms with Gasteiger partial charge in [0.25, 0.3) is 5.91 Å². The maximum absolute atomic E-state index is 12.5. The van der Waals surface area contributed by atoms with Crippen LogP contribution in [-0.2, 0) is 21.3 Å². The monoisotopic (exact) mass is 349 g/mol. The van der Waals surface area contributed by atoms with Crippen molar-refractivity contribution >= 4 is 22.4 Å². The Morgan fingerprint density at radius 3 is 2.58 bits per heavy atom. The highest BCUT2D eigenvalue weighted by molar-refractivity contribution is 7.84. The van der Waals surface area contributed by atoms with Crippen LogP contribution in [0.5, 0.6) is 0 Å². The van der Waals surface area contributed by atoms with Crippen LogP contribution in [0, 0.1) is 0 Å². The molecule has 1 amide bonds. The summed E-state index contributed by atoms with van der Waals surface area (Å²) in [7, 11) is -0.851. The van der Waals surface area contributed by atoms with Gasteiger partial charge in [0, 0.05) is 27.5 Å². The molecule has 1 atom stereocenters. The van der Waals surface area contributed by atoms with Gasteiger partial charge in [0.2, 0.25) is 0 Å². The number of amides is 1. The second-order valence-corrected chi connectivity index (χ2v) is 8.90. The average molecular weight is 349 g/mol. The minimum atomic E-state index is -1.22. The van der Waals surface area contributed by atoms with E-state index in [4.69, 9.17) is 0 Å². The fourth-order valence-electron chi connectivity index (χ4n) is 3.78. The number of benzene rings is 1. The molecule has 0 heterocycles. The zero-order valence-electron chi connectivity index (χ0n) is 14.1. The number of hydrogen-bond donors (Lipinski definition) is 2. The Morgan fingerprint density at radius 1 is 1.17 bits per heavy atom. The smallest absolute Gasteiger partial charge is 0.256 e. The zero-order chi connectivity index (χ0) is 17.0. The van der Waals surface area contributed by atoms with Crippen LogP contribution in [0.4, 0.5) is 5.69 Å². The van der Waals surface area contributed by atoms with Crippen molar-refractivity contribution in [3.8, 4) is 0 Å². The predicted octanol–water partition coefficient (Wildman–Crippen LogP) is 3.51. The molecule has 0 radical (unpaired) electrons. The van der Waals surface area contributed by atoms with E-state index < -0.39 is 16.4 Å². The summed E-state index contributed by atoms with van der Waals surface area (Å²) in [5.41, 5.74) is 0.439. The van der Waals surface area contributed by atoms with Gasteiger partial charge < -0.3 is 10.4 Å². The predicted molar refractivity (Wildman–Crippen MR) is 97.2 cm³/mol. The van der Waals surface area contributed by atoms with Crippen LogP contribution in [0.2, 0.25) is 0 Å². The number of rotatable bonds is 5. The summed E-state index contributed by atoms with van der Waals surface area (Å²) < 4.78 is 12.5. The molecule has 2 N–H and O–H groups in total. The lowest BCUT2D eigenvalue weighted by molar-refractivity contribution is -0.133. The highest BCUT2D eigenvalue weighted by atomic mass is 32.2. The van der Waals surface area contributed by atoms with E-state index in [1.165, 1.54) is 19.3 Å². The first-order chi connectivity index (χ1) is 11.6. The van der Waals surface area contributed by atoms with Crippen molar-refractivity contribution in [1.29, 1.82) is 0 Å². The second kappa shape index (κ2) is 7.79. The van der Waals surface area contributed by atoms with Crippen molar-refractivity contribution in [2.24, 2.45) is 0 Å². The summed E-state index contributed by atoms with van der Waals surface area (Å²) in [5, 5.41) is 13.5. The molecule has 2 saturated carbocycles. The van der Waals surface area contributed by atoms with Crippen LogP contribution >= 0.6 is 0 Å². The molecule has 2 aliphatic carbocycles. The van der Waals surface area contributed by atoms with E-state index in [0.717, 1.165) is 31.2 Å². The molecular formula is C19H27NO3S. The second-order valence-electron chi connectivity index (χ2n) is 7.18. The maximum Gasteiger partial charge on any atom is 0.256 e. The molecule has 1 aromatic carbocycles. The molecule has 1 unspecified atom stereocenters. The van der Waals surface area contributed by atoms with Gasteiger partial charge >= 0.3 is 0 Å². The summed E-state index contributed by atoms with van der Waals surface area (Å²) in [5.74, 6) is 0.226. The van der Waals surface area contributed by atoms with Crippen molar-refractivity contribution in [1.82, 2.24) is 0 Å². The Kier molecular flexibility index (Phi) is 5.72. The van der Waals surface area contributed by atoms with Crippen LogP contribution < -0.4 is 5.32 Å². The topological polar surface area (TPSA) is 66.4 Å². The summed E-state index contributed by atoms with van der Waals surface area (Å²) in [6.07, 6.45) is 8.61. The number of aliphatic hydroxyl groups is 1. The van der Waals surface area contributed by atoms with E-state index in [1.54, 1.807) is 0 Å². The Labute approximate surface area is 146 Å². The Bertz CT molecular complexity index is 604. The lowest BCUT2D eigenvalue weighted by Crippen LogP contribution is -2.40. The quantitative estimate of drug-likeness (QED) is 0.855. The number of anilines is 1. The van der Waals surface area contributed by atoms with Gasteiger partial charge in [0.1, 0.15) is 5.60 Å². The first kappa shape index (κ1) is 17.6.